The minimum absolute atomic E-state index is 0.0551. The number of likely N-dealkylation sites (tertiary alicyclic amines) is 1. The van der Waals surface area contributed by atoms with Gasteiger partial charge in [0.2, 0.25) is 5.91 Å². The van der Waals surface area contributed by atoms with Gasteiger partial charge < -0.3 is 9.47 Å². The van der Waals surface area contributed by atoms with Crippen LogP contribution in [0.5, 0.6) is 0 Å². The summed E-state index contributed by atoms with van der Waals surface area (Å²) >= 11 is 0. The van der Waals surface area contributed by atoms with Crippen LogP contribution >= 0.6 is 0 Å². The molecule has 5 heteroatoms. The van der Waals surface area contributed by atoms with Gasteiger partial charge in [-0.05, 0) is 41.0 Å². The highest BCUT2D eigenvalue weighted by Crippen LogP contribution is 2.37. The zero-order valence-electron chi connectivity index (χ0n) is 15.3. The highest BCUT2D eigenvalue weighted by Gasteiger charge is 2.35. The molecule has 0 saturated carbocycles. The molecule has 0 spiro atoms. The summed E-state index contributed by atoms with van der Waals surface area (Å²) in [5.41, 5.74) is 3.11. The van der Waals surface area contributed by atoms with Gasteiger partial charge in [0.1, 0.15) is 0 Å². The predicted octanol–water partition coefficient (Wildman–Crippen LogP) is 3.03. The monoisotopic (exact) mass is 359 g/mol. The summed E-state index contributed by atoms with van der Waals surface area (Å²) in [5, 5.41) is 2.16. The average Bonchev–Trinajstić information content (AvgIpc) is 2.68. The summed E-state index contributed by atoms with van der Waals surface area (Å²) < 4.78 is 1.92. The van der Waals surface area contributed by atoms with Crippen LogP contribution in [0.4, 0.5) is 0 Å². The number of rotatable bonds is 1. The summed E-state index contributed by atoms with van der Waals surface area (Å²) in [4.78, 5) is 30.9. The Morgan fingerprint density at radius 3 is 2.89 bits per heavy atom. The molecule has 27 heavy (non-hydrogen) atoms. The first-order valence-corrected chi connectivity index (χ1v) is 9.43. The number of aromatic nitrogens is 2. The Kier molecular flexibility index (Phi) is 3.64. The number of carbonyl (C=O) groups is 1. The molecule has 2 aliphatic heterocycles. The number of benzene rings is 1. The van der Waals surface area contributed by atoms with Crippen LogP contribution in [0.15, 0.2) is 53.6 Å². The second-order valence-corrected chi connectivity index (χ2v) is 7.74. The van der Waals surface area contributed by atoms with Crippen LogP contribution in [0.3, 0.4) is 0 Å². The Balaban J connectivity index is 1.66. The van der Waals surface area contributed by atoms with E-state index in [0.29, 0.717) is 19.0 Å². The van der Waals surface area contributed by atoms with Crippen molar-refractivity contribution in [1.29, 1.82) is 0 Å². The van der Waals surface area contributed by atoms with Gasteiger partial charge in [-0.1, -0.05) is 18.2 Å². The van der Waals surface area contributed by atoms with Crippen molar-refractivity contribution in [1.82, 2.24) is 14.5 Å². The molecule has 1 aromatic carbocycles. The van der Waals surface area contributed by atoms with Gasteiger partial charge in [0, 0.05) is 62.0 Å². The van der Waals surface area contributed by atoms with E-state index in [1.807, 2.05) is 33.9 Å². The van der Waals surface area contributed by atoms with Gasteiger partial charge in [-0.15, -0.1) is 0 Å². The molecule has 2 atom stereocenters. The maximum atomic E-state index is 12.9. The molecule has 2 bridgehead atoms. The van der Waals surface area contributed by atoms with Crippen molar-refractivity contribution >= 4 is 16.7 Å². The zero-order valence-corrected chi connectivity index (χ0v) is 15.3. The Hall–Kier alpha value is -2.95. The third-order valence-electron chi connectivity index (χ3n) is 5.99. The number of amides is 1. The van der Waals surface area contributed by atoms with E-state index in [9.17, 15) is 9.59 Å². The predicted molar refractivity (Wildman–Crippen MR) is 105 cm³/mol. The summed E-state index contributed by atoms with van der Waals surface area (Å²) in [6, 6.07) is 12.0. The van der Waals surface area contributed by atoms with Crippen molar-refractivity contribution in [2.75, 3.05) is 13.1 Å². The molecular formula is C22H21N3O2. The smallest absolute Gasteiger partial charge is 0.251 e. The fourth-order valence-corrected chi connectivity index (χ4v) is 4.75. The standard InChI is InChI=1S/C22H21N3O2/c1-14(26)24-11-15-7-18(13-24)21-8-17(9-22(27)25(21)12-15)19-4-2-3-16-10-23-6-5-20(16)19/h2-6,8-10,15,18H,7,11-13H2,1H3/t15-,18+/m0/s1. The van der Waals surface area contributed by atoms with Gasteiger partial charge in [0.05, 0.1) is 0 Å². The quantitative estimate of drug-likeness (QED) is 0.671. The van der Waals surface area contributed by atoms with Crippen molar-refractivity contribution < 1.29 is 4.79 Å². The van der Waals surface area contributed by atoms with Crippen LogP contribution in [-0.2, 0) is 11.3 Å². The van der Waals surface area contributed by atoms with Gasteiger partial charge in [-0.25, -0.2) is 0 Å². The normalized spacial score (nSPS) is 21.1. The Morgan fingerprint density at radius 2 is 2.04 bits per heavy atom. The highest BCUT2D eigenvalue weighted by molar-refractivity contribution is 5.96. The number of piperidine rings is 1. The molecule has 1 amide bonds. The number of nitrogens with zero attached hydrogens (tertiary/aromatic N) is 3. The van der Waals surface area contributed by atoms with Crippen molar-refractivity contribution in [3.63, 3.8) is 0 Å². The Labute approximate surface area is 157 Å². The number of fused-ring (bicyclic) bond motifs is 5. The van der Waals surface area contributed by atoms with Gasteiger partial charge in [-0.2, -0.15) is 0 Å². The van der Waals surface area contributed by atoms with Crippen molar-refractivity contribution in [3.05, 3.63) is 64.8 Å². The fourth-order valence-electron chi connectivity index (χ4n) is 4.75. The first-order chi connectivity index (χ1) is 13.1. The maximum absolute atomic E-state index is 12.9. The molecule has 0 radical (unpaired) electrons. The van der Waals surface area contributed by atoms with E-state index in [1.165, 1.54) is 0 Å². The minimum Gasteiger partial charge on any atom is -0.342 e. The molecule has 136 valence electrons. The third kappa shape index (κ3) is 2.65. The van der Waals surface area contributed by atoms with Gasteiger partial charge in [0.25, 0.3) is 5.56 Å². The lowest BCUT2D eigenvalue weighted by atomic mass is 9.82. The molecule has 1 saturated heterocycles. The summed E-state index contributed by atoms with van der Waals surface area (Å²) in [6.07, 6.45) is 4.68. The molecule has 5 rings (SSSR count). The lowest BCUT2D eigenvalue weighted by Crippen LogP contribution is -2.48. The minimum atomic E-state index is 0.0551. The number of pyridine rings is 2. The SMILES string of the molecule is CC(=O)N1C[C@@H]2C[C@H](C1)c1cc(-c3cccc4cnccc34)cc(=O)n1C2. The topological polar surface area (TPSA) is 55.2 Å². The van der Waals surface area contributed by atoms with Crippen LogP contribution < -0.4 is 5.56 Å². The van der Waals surface area contributed by atoms with Gasteiger partial charge in [0.15, 0.2) is 0 Å². The third-order valence-corrected chi connectivity index (χ3v) is 5.99. The Morgan fingerprint density at radius 1 is 1.15 bits per heavy atom. The molecule has 0 aliphatic carbocycles. The number of hydrogen-bond donors (Lipinski definition) is 0. The number of hydrogen-bond acceptors (Lipinski definition) is 3. The second kappa shape index (κ2) is 6.05. The highest BCUT2D eigenvalue weighted by atomic mass is 16.2. The van der Waals surface area contributed by atoms with Crippen molar-refractivity contribution in [2.45, 2.75) is 25.8 Å². The van der Waals surface area contributed by atoms with Crippen LogP contribution in [-0.4, -0.2) is 33.4 Å². The van der Waals surface area contributed by atoms with Crippen LogP contribution in [0, 0.1) is 5.92 Å². The lowest BCUT2D eigenvalue weighted by Gasteiger charge is -2.42. The first kappa shape index (κ1) is 16.2. The first-order valence-electron chi connectivity index (χ1n) is 9.43. The van der Waals surface area contributed by atoms with E-state index in [0.717, 1.165) is 40.6 Å². The van der Waals surface area contributed by atoms with Crippen LogP contribution in [0.25, 0.3) is 21.9 Å². The van der Waals surface area contributed by atoms with E-state index in [4.69, 9.17) is 0 Å². The van der Waals surface area contributed by atoms with E-state index >= 15 is 0 Å². The molecule has 3 aromatic rings. The van der Waals surface area contributed by atoms with Crippen molar-refractivity contribution in [3.8, 4) is 11.1 Å². The molecule has 2 aliphatic rings. The second-order valence-electron chi connectivity index (χ2n) is 7.74. The van der Waals surface area contributed by atoms with E-state index in [2.05, 4.69) is 17.1 Å². The molecule has 4 heterocycles. The summed E-state index contributed by atoms with van der Waals surface area (Å²) in [6.45, 7) is 3.80. The van der Waals surface area contributed by atoms with Gasteiger partial charge >= 0.3 is 0 Å². The molecular weight excluding hydrogens is 338 g/mol. The molecule has 1 fully saturated rings. The lowest BCUT2D eigenvalue weighted by molar-refractivity contribution is -0.131. The number of carbonyl (C=O) groups excluding carboxylic acids is 1. The summed E-state index contributed by atoms with van der Waals surface area (Å²) in [5.74, 6) is 0.719. The molecule has 5 nitrogen and oxygen atoms in total. The average molecular weight is 359 g/mol. The van der Waals surface area contributed by atoms with Crippen molar-refractivity contribution in [2.24, 2.45) is 5.92 Å². The largest absolute Gasteiger partial charge is 0.342 e. The zero-order chi connectivity index (χ0) is 18.5. The van der Waals surface area contributed by atoms with Crippen LogP contribution in [0.1, 0.15) is 25.0 Å². The van der Waals surface area contributed by atoms with Gasteiger partial charge in [-0.3, -0.25) is 14.6 Å². The summed E-state index contributed by atoms with van der Waals surface area (Å²) in [7, 11) is 0. The van der Waals surface area contributed by atoms with Crippen LogP contribution in [0.2, 0.25) is 0 Å². The van der Waals surface area contributed by atoms with E-state index in [-0.39, 0.29) is 17.4 Å². The molecule has 0 unspecified atom stereocenters. The van der Waals surface area contributed by atoms with E-state index in [1.54, 1.807) is 19.2 Å². The molecule has 0 N–H and O–H groups in total. The molecule has 2 aromatic heterocycles. The Bertz CT molecular complexity index is 1110. The maximum Gasteiger partial charge on any atom is 0.251 e. The fraction of sp³-hybridized carbons (Fsp3) is 0.318. The van der Waals surface area contributed by atoms with E-state index < -0.39 is 0 Å².